The molecule has 0 aliphatic heterocycles. The van der Waals surface area contributed by atoms with E-state index in [2.05, 4.69) is 20.3 Å². The molecule has 2 aromatic rings. The van der Waals surface area contributed by atoms with E-state index in [0.717, 1.165) is 12.1 Å². The topological polar surface area (TPSA) is 122 Å². The third kappa shape index (κ3) is 2.53. The largest absolute Gasteiger partial charge is 0.395 e. The van der Waals surface area contributed by atoms with Gasteiger partial charge in [0.25, 0.3) is 0 Å². The van der Waals surface area contributed by atoms with Gasteiger partial charge in [0.2, 0.25) is 5.95 Å². The van der Waals surface area contributed by atoms with Gasteiger partial charge in [-0.25, -0.2) is 4.98 Å². The molecule has 0 amide bonds. The Labute approximate surface area is 133 Å². The number of nitrogens with one attached hydrogen (secondary N) is 1. The molecule has 0 bridgehead atoms. The number of rotatable bonds is 6. The zero-order chi connectivity index (χ0) is 16.0. The molecule has 4 rings (SSSR count). The minimum atomic E-state index is -0.498. The van der Waals surface area contributed by atoms with E-state index in [1.165, 1.54) is 12.8 Å². The van der Waals surface area contributed by atoms with Crippen LogP contribution in [0.3, 0.4) is 0 Å². The quantitative estimate of drug-likeness (QED) is 0.610. The Kier molecular flexibility index (Phi) is 3.24. The molecule has 0 saturated heterocycles. The van der Waals surface area contributed by atoms with Gasteiger partial charge in [0, 0.05) is 18.2 Å². The van der Waals surface area contributed by atoms with Crippen LogP contribution < -0.4 is 11.1 Å². The molecule has 0 spiro atoms. The number of hydrogen-bond donors (Lipinski definition) is 4. The first kappa shape index (κ1) is 14.4. The molecule has 5 N–H and O–H groups in total. The highest BCUT2D eigenvalue weighted by atomic mass is 16.3. The Balaban J connectivity index is 1.67. The second-order valence-electron chi connectivity index (χ2n) is 6.51. The fourth-order valence-electron chi connectivity index (χ4n) is 2.75. The second kappa shape index (κ2) is 5.17. The Morgan fingerprint density at radius 3 is 2.78 bits per heavy atom. The predicted octanol–water partition coefficient (Wildman–Crippen LogP) is 0.446. The zero-order valence-corrected chi connectivity index (χ0v) is 12.7. The lowest BCUT2D eigenvalue weighted by molar-refractivity contribution is 0.143. The van der Waals surface area contributed by atoms with Crippen molar-refractivity contribution in [2.45, 2.75) is 19.3 Å². The Morgan fingerprint density at radius 1 is 1.35 bits per heavy atom. The number of imidazole rings is 1. The Bertz CT molecular complexity index is 776. The molecule has 0 aromatic carbocycles. The van der Waals surface area contributed by atoms with Crippen molar-refractivity contribution in [2.75, 3.05) is 30.8 Å². The predicted molar refractivity (Wildman–Crippen MR) is 86.4 cm³/mol. The first-order valence-corrected chi connectivity index (χ1v) is 7.82. The van der Waals surface area contributed by atoms with E-state index in [0.29, 0.717) is 29.3 Å². The zero-order valence-electron chi connectivity index (χ0n) is 12.7. The van der Waals surface area contributed by atoms with Gasteiger partial charge in [-0.3, -0.25) is 4.57 Å². The summed E-state index contributed by atoms with van der Waals surface area (Å²) in [5, 5.41) is 22.1. The molecule has 2 aliphatic carbocycles. The number of aromatic nitrogens is 4. The summed E-state index contributed by atoms with van der Waals surface area (Å²) in [4.78, 5) is 12.9. The minimum absolute atomic E-state index is 0.0622. The monoisotopic (exact) mass is 316 g/mol. The van der Waals surface area contributed by atoms with E-state index in [-0.39, 0.29) is 19.2 Å². The van der Waals surface area contributed by atoms with Crippen molar-refractivity contribution in [1.29, 1.82) is 0 Å². The van der Waals surface area contributed by atoms with Crippen LogP contribution in [0.5, 0.6) is 0 Å². The summed E-state index contributed by atoms with van der Waals surface area (Å²) < 4.78 is 1.78. The van der Waals surface area contributed by atoms with E-state index in [9.17, 15) is 10.2 Å². The van der Waals surface area contributed by atoms with Crippen molar-refractivity contribution in [3.8, 4) is 0 Å². The lowest BCUT2D eigenvalue weighted by Crippen LogP contribution is -2.12. The Hall–Kier alpha value is -2.19. The van der Waals surface area contributed by atoms with Crippen molar-refractivity contribution in [3.05, 3.63) is 11.9 Å². The van der Waals surface area contributed by atoms with E-state index in [4.69, 9.17) is 5.73 Å². The van der Waals surface area contributed by atoms with Crippen molar-refractivity contribution < 1.29 is 10.2 Å². The summed E-state index contributed by atoms with van der Waals surface area (Å²) in [5.41, 5.74) is 7.61. The number of nitrogens with two attached hydrogens (primary N) is 1. The van der Waals surface area contributed by atoms with Crippen molar-refractivity contribution in [3.63, 3.8) is 0 Å². The van der Waals surface area contributed by atoms with E-state index in [1.807, 2.05) is 6.20 Å². The fraction of sp³-hybridized carbons (Fsp3) is 0.533. The third-order valence-electron chi connectivity index (χ3n) is 4.68. The van der Waals surface area contributed by atoms with Gasteiger partial charge >= 0.3 is 0 Å². The summed E-state index contributed by atoms with van der Waals surface area (Å²) in [7, 11) is 0. The molecule has 0 unspecified atom stereocenters. The molecule has 23 heavy (non-hydrogen) atoms. The van der Waals surface area contributed by atoms with Crippen molar-refractivity contribution in [1.82, 2.24) is 19.5 Å². The normalized spacial score (nSPS) is 21.0. The van der Waals surface area contributed by atoms with E-state index in [1.54, 1.807) is 10.9 Å². The fourth-order valence-corrected chi connectivity index (χ4v) is 2.75. The maximum atomic E-state index is 9.40. The first-order valence-electron chi connectivity index (χ1n) is 7.82. The summed E-state index contributed by atoms with van der Waals surface area (Å²) in [5.74, 6) is 1.57. The molecule has 2 fully saturated rings. The van der Waals surface area contributed by atoms with Gasteiger partial charge in [0.15, 0.2) is 17.0 Å². The number of aliphatic hydroxyl groups is 2. The van der Waals surface area contributed by atoms with Gasteiger partial charge < -0.3 is 21.3 Å². The molecule has 122 valence electrons. The van der Waals surface area contributed by atoms with Crippen LogP contribution in [0.1, 0.15) is 19.3 Å². The number of hydrogen-bond acceptors (Lipinski definition) is 7. The van der Waals surface area contributed by atoms with Crippen LogP contribution in [0.4, 0.5) is 11.8 Å². The van der Waals surface area contributed by atoms with Crippen LogP contribution in [0.25, 0.3) is 17.4 Å². The molecule has 0 atom stereocenters. The SMILES string of the molecule is Nc1nc(NCC2CC2)c2ncn(/C=C3/CC3(CO)CO)c2n1. The number of nitrogens with zero attached hydrogens (tertiary/aromatic N) is 4. The summed E-state index contributed by atoms with van der Waals surface area (Å²) in [6.07, 6.45) is 6.70. The Morgan fingerprint density at radius 2 is 2.13 bits per heavy atom. The number of nitrogen functional groups attached to an aromatic ring is 1. The van der Waals surface area contributed by atoms with Gasteiger partial charge in [0.1, 0.15) is 6.33 Å². The van der Waals surface area contributed by atoms with Crippen LogP contribution in [0.2, 0.25) is 0 Å². The highest BCUT2D eigenvalue weighted by Crippen LogP contribution is 2.51. The number of anilines is 2. The smallest absolute Gasteiger partial charge is 0.224 e. The highest BCUT2D eigenvalue weighted by Gasteiger charge is 2.48. The van der Waals surface area contributed by atoms with E-state index < -0.39 is 5.41 Å². The van der Waals surface area contributed by atoms with Crippen LogP contribution in [0.15, 0.2) is 11.9 Å². The molecule has 2 saturated carbocycles. The third-order valence-corrected chi connectivity index (χ3v) is 4.68. The average molecular weight is 316 g/mol. The van der Waals surface area contributed by atoms with Crippen LogP contribution in [-0.4, -0.2) is 49.5 Å². The molecule has 2 aromatic heterocycles. The molecular formula is C15H20N6O2. The molecule has 2 heterocycles. The molecule has 0 radical (unpaired) electrons. The standard InChI is InChI=1S/C15H20N6O2/c16-14-19-12(17-4-9-1-2-9)11-13(20-14)21(8-18-11)5-10-3-15(10,6-22)7-23/h5,8-9,22-23H,1-4,6-7H2,(H3,16,17,19,20)/b10-5-. The molecule has 8 heteroatoms. The first-order chi connectivity index (χ1) is 11.1. The maximum Gasteiger partial charge on any atom is 0.224 e. The molecule has 8 nitrogen and oxygen atoms in total. The average Bonchev–Trinajstić information content (AvgIpc) is 3.45. The number of aliphatic hydroxyl groups excluding tert-OH is 2. The lowest BCUT2D eigenvalue weighted by Gasteiger charge is -2.07. The van der Waals surface area contributed by atoms with Gasteiger partial charge in [-0.1, -0.05) is 0 Å². The summed E-state index contributed by atoms with van der Waals surface area (Å²) in [6.45, 7) is 0.748. The van der Waals surface area contributed by atoms with Gasteiger partial charge in [0.05, 0.1) is 13.2 Å². The van der Waals surface area contributed by atoms with Crippen molar-refractivity contribution >= 4 is 29.1 Å². The number of fused-ring (bicyclic) bond motifs is 1. The van der Waals surface area contributed by atoms with Gasteiger partial charge in [-0.05, 0) is 30.8 Å². The minimum Gasteiger partial charge on any atom is -0.395 e. The van der Waals surface area contributed by atoms with Crippen LogP contribution in [0, 0.1) is 11.3 Å². The van der Waals surface area contributed by atoms with Crippen LogP contribution >= 0.6 is 0 Å². The molecule has 2 aliphatic rings. The second-order valence-corrected chi connectivity index (χ2v) is 6.51. The van der Waals surface area contributed by atoms with Gasteiger partial charge in [-0.2, -0.15) is 9.97 Å². The highest BCUT2D eigenvalue weighted by molar-refractivity contribution is 5.85. The van der Waals surface area contributed by atoms with Crippen LogP contribution in [-0.2, 0) is 0 Å². The summed E-state index contributed by atoms with van der Waals surface area (Å²) >= 11 is 0. The summed E-state index contributed by atoms with van der Waals surface area (Å²) in [6, 6.07) is 0. The van der Waals surface area contributed by atoms with Gasteiger partial charge in [-0.15, -0.1) is 0 Å². The maximum absolute atomic E-state index is 9.40. The van der Waals surface area contributed by atoms with Crippen molar-refractivity contribution in [2.24, 2.45) is 11.3 Å². The van der Waals surface area contributed by atoms with E-state index >= 15 is 0 Å². The lowest BCUT2D eigenvalue weighted by atomic mass is 10.1. The molecular weight excluding hydrogens is 296 g/mol.